The molecule has 5 nitrogen and oxygen atoms in total. The topological polar surface area (TPSA) is 49.3 Å². The molecule has 0 spiro atoms. The Labute approximate surface area is 140 Å². The van der Waals surface area contributed by atoms with Crippen molar-refractivity contribution in [1.29, 1.82) is 0 Å². The van der Waals surface area contributed by atoms with E-state index in [9.17, 15) is 4.79 Å². The lowest BCUT2D eigenvalue weighted by Gasteiger charge is -2.30. The summed E-state index contributed by atoms with van der Waals surface area (Å²) >= 11 is 0. The highest BCUT2D eigenvalue weighted by Crippen LogP contribution is 2.11. The number of aryl methyl sites for hydroxylation is 1. The van der Waals surface area contributed by atoms with Gasteiger partial charge in [-0.2, -0.15) is 0 Å². The van der Waals surface area contributed by atoms with Crippen molar-refractivity contribution in [2.45, 2.75) is 58.9 Å². The molecule has 128 valence electrons. The predicted molar refractivity (Wildman–Crippen MR) is 92.5 cm³/mol. The predicted octanol–water partition coefficient (Wildman–Crippen LogP) is 2.77. The SMILES string of the molecule is CCc1ncc(C(=O)N(CCN2CCCCCC2)C(C)C)cn1. The molecule has 1 saturated heterocycles. The standard InChI is InChI=1S/C18H30N4O/c1-4-17-19-13-16(14-20-17)18(23)22(15(2)3)12-11-21-9-7-5-6-8-10-21/h13-15H,4-12H2,1-3H3. The van der Waals surface area contributed by atoms with Gasteiger partial charge in [0.1, 0.15) is 5.82 Å². The van der Waals surface area contributed by atoms with Gasteiger partial charge in [0, 0.05) is 37.9 Å². The van der Waals surface area contributed by atoms with E-state index >= 15 is 0 Å². The molecule has 0 saturated carbocycles. The van der Waals surface area contributed by atoms with Crippen LogP contribution in [0.1, 0.15) is 62.6 Å². The molecule has 0 aliphatic carbocycles. The normalized spacial score (nSPS) is 16.3. The summed E-state index contributed by atoms with van der Waals surface area (Å²) in [5.41, 5.74) is 0.590. The van der Waals surface area contributed by atoms with Crippen LogP contribution in [0.4, 0.5) is 0 Å². The highest BCUT2D eigenvalue weighted by atomic mass is 16.2. The van der Waals surface area contributed by atoms with E-state index in [1.807, 2.05) is 11.8 Å². The number of rotatable bonds is 6. The Hall–Kier alpha value is -1.49. The fourth-order valence-corrected chi connectivity index (χ4v) is 3.02. The summed E-state index contributed by atoms with van der Waals surface area (Å²) in [5, 5.41) is 0. The van der Waals surface area contributed by atoms with Crippen molar-refractivity contribution in [2.24, 2.45) is 0 Å². The van der Waals surface area contributed by atoms with Gasteiger partial charge in [0.25, 0.3) is 5.91 Å². The highest BCUT2D eigenvalue weighted by molar-refractivity contribution is 5.93. The van der Waals surface area contributed by atoms with Crippen molar-refractivity contribution in [1.82, 2.24) is 19.8 Å². The van der Waals surface area contributed by atoms with Crippen LogP contribution in [0.5, 0.6) is 0 Å². The maximum Gasteiger partial charge on any atom is 0.257 e. The molecule has 2 heterocycles. The molecule has 1 aliphatic heterocycles. The quantitative estimate of drug-likeness (QED) is 0.809. The van der Waals surface area contributed by atoms with Crippen molar-refractivity contribution in [3.63, 3.8) is 0 Å². The van der Waals surface area contributed by atoms with E-state index in [1.165, 1.54) is 25.7 Å². The van der Waals surface area contributed by atoms with Crippen molar-refractivity contribution in [3.05, 3.63) is 23.8 Å². The maximum absolute atomic E-state index is 12.8. The van der Waals surface area contributed by atoms with Crippen LogP contribution in [0.15, 0.2) is 12.4 Å². The third kappa shape index (κ3) is 5.27. The van der Waals surface area contributed by atoms with Gasteiger partial charge in [-0.25, -0.2) is 9.97 Å². The monoisotopic (exact) mass is 318 g/mol. The Morgan fingerprint density at radius 2 is 1.78 bits per heavy atom. The minimum atomic E-state index is 0.0393. The minimum absolute atomic E-state index is 0.0393. The number of nitrogens with zero attached hydrogens (tertiary/aromatic N) is 4. The summed E-state index contributed by atoms with van der Waals surface area (Å²) < 4.78 is 0. The lowest BCUT2D eigenvalue weighted by molar-refractivity contribution is 0.0681. The third-order valence-electron chi connectivity index (χ3n) is 4.51. The molecule has 1 fully saturated rings. The lowest BCUT2D eigenvalue weighted by atomic mass is 10.2. The second-order valence-electron chi connectivity index (χ2n) is 6.59. The Morgan fingerprint density at radius 1 is 1.17 bits per heavy atom. The van der Waals surface area contributed by atoms with Crippen LogP contribution in [-0.4, -0.2) is 57.9 Å². The summed E-state index contributed by atoms with van der Waals surface area (Å²) in [6.07, 6.45) is 9.35. The van der Waals surface area contributed by atoms with Crippen molar-refractivity contribution >= 4 is 5.91 Å². The molecule has 1 aromatic rings. The van der Waals surface area contributed by atoms with Crippen LogP contribution in [0.2, 0.25) is 0 Å². The molecule has 1 amide bonds. The zero-order valence-corrected chi connectivity index (χ0v) is 14.8. The number of carbonyl (C=O) groups is 1. The van der Waals surface area contributed by atoms with Gasteiger partial charge in [0.05, 0.1) is 5.56 Å². The molecule has 0 unspecified atom stereocenters. The number of amides is 1. The second-order valence-corrected chi connectivity index (χ2v) is 6.59. The molecule has 1 aliphatic rings. The van der Waals surface area contributed by atoms with Crippen molar-refractivity contribution in [3.8, 4) is 0 Å². The minimum Gasteiger partial charge on any atom is -0.335 e. The summed E-state index contributed by atoms with van der Waals surface area (Å²) in [6.45, 7) is 10.2. The molecular weight excluding hydrogens is 288 g/mol. The highest BCUT2D eigenvalue weighted by Gasteiger charge is 2.20. The fraction of sp³-hybridized carbons (Fsp3) is 0.722. The molecule has 0 aromatic carbocycles. The van der Waals surface area contributed by atoms with Crippen LogP contribution < -0.4 is 0 Å². The van der Waals surface area contributed by atoms with Gasteiger partial charge in [0.2, 0.25) is 0 Å². The first-order chi connectivity index (χ1) is 11.1. The van der Waals surface area contributed by atoms with Crippen molar-refractivity contribution in [2.75, 3.05) is 26.2 Å². The molecule has 5 heteroatoms. The Morgan fingerprint density at radius 3 is 2.30 bits per heavy atom. The van der Waals surface area contributed by atoms with Gasteiger partial charge in [-0.15, -0.1) is 0 Å². The summed E-state index contributed by atoms with van der Waals surface area (Å²) in [7, 11) is 0. The maximum atomic E-state index is 12.8. The molecule has 0 bridgehead atoms. The summed E-state index contributed by atoms with van der Waals surface area (Å²) in [4.78, 5) is 25.7. The largest absolute Gasteiger partial charge is 0.335 e. The number of carbonyl (C=O) groups excluding carboxylic acids is 1. The first-order valence-electron chi connectivity index (χ1n) is 8.96. The summed E-state index contributed by atoms with van der Waals surface area (Å²) in [6, 6.07) is 0.181. The molecule has 23 heavy (non-hydrogen) atoms. The van der Waals surface area contributed by atoms with E-state index in [4.69, 9.17) is 0 Å². The number of hydrogen-bond donors (Lipinski definition) is 0. The smallest absolute Gasteiger partial charge is 0.257 e. The molecule has 2 rings (SSSR count). The van der Waals surface area contributed by atoms with Crippen LogP contribution in [-0.2, 0) is 6.42 Å². The summed E-state index contributed by atoms with van der Waals surface area (Å²) in [5.74, 6) is 0.819. The van der Waals surface area contributed by atoms with E-state index in [2.05, 4.69) is 28.7 Å². The van der Waals surface area contributed by atoms with Crippen LogP contribution >= 0.6 is 0 Å². The third-order valence-corrected chi connectivity index (χ3v) is 4.51. The average Bonchev–Trinajstić information content (AvgIpc) is 2.83. The van der Waals surface area contributed by atoms with Gasteiger partial charge < -0.3 is 9.80 Å². The average molecular weight is 318 g/mol. The van der Waals surface area contributed by atoms with Crippen molar-refractivity contribution < 1.29 is 4.79 Å². The first-order valence-corrected chi connectivity index (χ1v) is 8.96. The van der Waals surface area contributed by atoms with Crippen LogP contribution in [0, 0.1) is 0 Å². The van der Waals surface area contributed by atoms with Crippen LogP contribution in [0.25, 0.3) is 0 Å². The Kier molecular flexibility index (Phi) is 6.96. The first kappa shape index (κ1) is 17.9. The lowest BCUT2D eigenvalue weighted by Crippen LogP contribution is -2.42. The fourth-order valence-electron chi connectivity index (χ4n) is 3.02. The molecule has 0 atom stereocenters. The zero-order valence-electron chi connectivity index (χ0n) is 14.8. The molecule has 1 aromatic heterocycles. The molecular formula is C18H30N4O. The number of aromatic nitrogens is 2. The Bertz CT molecular complexity index is 478. The van der Waals surface area contributed by atoms with E-state index < -0.39 is 0 Å². The van der Waals surface area contributed by atoms with Gasteiger partial charge >= 0.3 is 0 Å². The van der Waals surface area contributed by atoms with E-state index in [0.717, 1.165) is 38.4 Å². The molecule has 0 N–H and O–H groups in total. The number of likely N-dealkylation sites (tertiary alicyclic amines) is 1. The number of hydrogen-bond acceptors (Lipinski definition) is 4. The van der Waals surface area contributed by atoms with Gasteiger partial charge in [-0.3, -0.25) is 4.79 Å². The van der Waals surface area contributed by atoms with Gasteiger partial charge in [0.15, 0.2) is 0 Å². The molecule has 0 radical (unpaired) electrons. The van der Waals surface area contributed by atoms with E-state index in [1.54, 1.807) is 12.4 Å². The zero-order chi connectivity index (χ0) is 16.7. The second kappa shape index (κ2) is 8.96. The van der Waals surface area contributed by atoms with Gasteiger partial charge in [-0.1, -0.05) is 19.8 Å². The van der Waals surface area contributed by atoms with Crippen LogP contribution in [0.3, 0.4) is 0 Å². The van der Waals surface area contributed by atoms with E-state index in [0.29, 0.717) is 5.56 Å². The van der Waals surface area contributed by atoms with Gasteiger partial charge in [-0.05, 0) is 39.8 Å². The Balaban J connectivity index is 1.97. The van der Waals surface area contributed by atoms with E-state index in [-0.39, 0.29) is 11.9 Å².